The van der Waals surface area contributed by atoms with E-state index in [1.54, 1.807) is 0 Å². The molecule has 3 aliphatic heterocycles. The van der Waals surface area contributed by atoms with Crippen LogP contribution in [0.3, 0.4) is 0 Å². The molecule has 3 aromatic heterocycles. The number of rotatable bonds is 7. The number of carbonyl (C=O) groups excluding carboxylic acids is 1. The Morgan fingerprint density at radius 3 is 2.54 bits per heavy atom. The van der Waals surface area contributed by atoms with Gasteiger partial charge in [-0.25, -0.2) is 9.97 Å². The molecule has 3 saturated heterocycles. The summed E-state index contributed by atoms with van der Waals surface area (Å²) in [5.74, 6) is 3.40. The second-order valence-corrected chi connectivity index (χ2v) is 11.4. The van der Waals surface area contributed by atoms with Gasteiger partial charge in [-0.1, -0.05) is 19.1 Å². The number of hydrogen-bond donors (Lipinski definition) is 0. The number of anilines is 1. The van der Waals surface area contributed by atoms with E-state index in [9.17, 15) is 4.79 Å². The second kappa shape index (κ2) is 10.8. The van der Waals surface area contributed by atoms with Gasteiger partial charge in [-0.05, 0) is 19.2 Å². The minimum Gasteiger partial charge on any atom is -0.378 e. The molecule has 0 aliphatic carbocycles. The number of benzene rings is 1. The van der Waals surface area contributed by atoms with Gasteiger partial charge in [0, 0.05) is 65.3 Å². The summed E-state index contributed by atoms with van der Waals surface area (Å²) in [5.41, 5.74) is 3.61. The predicted octanol–water partition coefficient (Wildman–Crippen LogP) is 1.10. The van der Waals surface area contributed by atoms with Crippen molar-refractivity contribution in [3.8, 4) is 5.95 Å². The molecule has 3 aliphatic rings. The fourth-order valence-electron chi connectivity index (χ4n) is 6.36. The number of piperazine rings is 1. The molecule has 1 aromatic carbocycles. The highest BCUT2D eigenvalue weighted by atomic mass is 16.5. The summed E-state index contributed by atoms with van der Waals surface area (Å²) in [5, 5.41) is 0. The number of aryl methyl sites for hydroxylation is 2. The van der Waals surface area contributed by atoms with E-state index in [2.05, 4.69) is 48.8 Å². The topological polar surface area (TPSA) is 101 Å². The number of imidazole rings is 2. The fourth-order valence-corrected chi connectivity index (χ4v) is 6.36. The Morgan fingerprint density at radius 1 is 0.951 bits per heavy atom. The summed E-state index contributed by atoms with van der Waals surface area (Å²) in [6.45, 7) is 10.4. The number of nitrogens with zero attached hydrogens (tertiary/aromatic N) is 10. The summed E-state index contributed by atoms with van der Waals surface area (Å²) in [6, 6.07) is 8.64. The van der Waals surface area contributed by atoms with Gasteiger partial charge >= 0.3 is 0 Å². The molecule has 1 unspecified atom stereocenters. The summed E-state index contributed by atoms with van der Waals surface area (Å²) < 4.78 is 9.87. The van der Waals surface area contributed by atoms with Gasteiger partial charge in [0.25, 0.3) is 0 Å². The third kappa shape index (κ3) is 4.68. The highest BCUT2D eigenvalue weighted by Crippen LogP contribution is 2.29. The lowest BCUT2D eigenvalue weighted by molar-refractivity contribution is -0.115. The number of para-hydroxylation sites is 2. The van der Waals surface area contributed by atoms with Crippen molar-refractivity contribution in [2.75, 3.05) is 71.0 Å². The average molecular weight is 559 g/mol. The van der Waals surface area contributed by atoms with Crippen LogP contribution in [-0.4, -0.2) is 128 Å². The van der Waals surface area contributed by atoms with E-state index in [1.807, 2.05) is 25.2 Å². The summed E-state index contributed by atoms with van der Waals surface area (Å²) in [6.07, 6.45) is 1.86. The Labute approximate surface area is 239 Å². The lowest BCUT2D eigenvalue weighted by Crippen LogP contribution is -2.64. The molecule has 0 N–H and O–H groups in total. The molecule has 0 bridgehead atoms. The van der Waals surface area contributed by atoms with Crippen LogP contribution in [0, 0.1) is 0 Å². The first-order valence-corrected chi connectivity index (χ1v) is 14.7. The van der Waals surface area contributed by atoms with Gasteiger partial charge in [0.05, 0.1) is 36.8 Å². The molecule has 12 heteroatoms. The Balaban J connectivity index is 1.21. The summed E-state index contributed by atoms with van der Waals surface area (Å²) >= 11 is 0. The molecule has 3 fully saturated rings. The maximum absolute atomic E-state index is 11.5. The molecule has 7 rings (SSSR count). The van der Waals surface area contributed by atoms with E-state index in [-0.39, 0.29) is 6.04 Å². The van der Waals surface area contributed by atoms with Crippen molar-refractivity contribution in [1.29, 1.82) is 0 Å². The van der Waals surface area contributed by atoms with Crippen LogP contribution < -0.4 is 4.90 Å². The van der Waals surface area contributed by atoms with Crippen LogP contribution in [0.25, 0.3) is 28.1 Å². The molecule has 12 nitrogen and oxygen atoms in total. The van der Waals surface area contributed by atoms with E-state index >= 15 is 0 Å². The summed E-state index contributed by atoms with van der Waals surface area (Å²) in [4.78, 5) is 41.1. The number of carbonyl (C=O) groups is 1. The third-order valence-electron chi connectivity index (χ3n) is 8.94. The first-order valence-electron chi connectivity index (χ1n) is 14.7. The molecule has 0 radical (unpaired) electrons. The van der Waals surface area contributed by atoms with Gasteiger partial charge in [0.15, 0.2) is 17.0 Å². The van der Waals surface area contributed by atoms with Crippen LogP contribution in [0.15, 0.2) is 24.3 Å². The van der Waals surface area contributed by atoms with Crippen molar-refractivity contribution in [2.45, 2.75) is 32.0 Å². The predicted molar refractivity (Wildman–Crippen MR) is 156 cm³/mol. The number of aromatic nitrogens is 6. The van der Waals surface area contributed by atoms with Crippen molar-refractivity contribution >= 4 is 34.3 Å². The zero-order valence-corrected chi connectivity index (χ0v) is 24.1. The molecule has 6 heterocycles. The Bertz CT molecular complexity index is 1570. The standard InChI is InChI=1S/C29H38N10O2/c1-4-24-30-22-7-5-6-8-23(22)39(24)29-32-27-26(28(33-29)37-11-13-41-14-12-37)31-25(35(27)3)18-36-15-20(16-36)38-10-9-34(2)21(17-38)19-40/h5-8,19-21H,4,9-18H2,1-3H3. The minimum absolute atomic E-state index is 0.00939. The maximum atomic E-state index is 11.5. The number of likely N-dealkylation sites (N-methyl/N-ethyl adjacent to an activating group) is 1. The van der Waals surface area contributed by atoms with E-state index in [0.717, 1.165) is 105 Å². The number of likely N-dealkylation sites (tertiary alicyclic amines) is 1. The van der Waals surface area contributed by atoms with Crippen LogP contribution in [0.1, 0.15) is 18.6 Å². The first-order chi connectivity index (χ1) is 20.0. The number of fused-ring (bicyclic) bond motifs is 2. The van der Waals surface area contributed by atoms with Crippen molar-refractivity contribution < 1.29 is 9.53 Å². The van der Waals surface area contributed by atoms with Crippen molar-refractivity contribution in [3.63, 3.8) is 0 Å². The largest absolute Gasteiger partial charge is 0.378 e. The minimum atomic E-state index is -0.00939. The molecule has 0 spiro atoms. The lowest BCUT2D eigenvalue weighted by Gasteiger charge is -2.49. The van der Waals surface area contributed by atoms with Crippen LogP contribution in [0.5, 0.6) is 0 Å². The van der Waals surface area contributed by atoms with E-state index in [1.165, 1.54) is 0 Å². The Hall–Kier alpha value is -3.45. The van der Waals surface area contributed by atoms with Gasteiger partial charge in [0.2, 0.25) is 5.95 Å². The zero-order valence-electron chi connectivity index (χ0n) is 24.1. The van der Waals surface area contributed by atoms with Gasteiger partial charge in [-0.15, -0.1) is 0 Å². The molecule has 216 valence electrons. The number of aldehydes is 1. The van der Waals surface area contributed by atoms with Crippen molar-refractivity contribution in [3.05, 3.63) is 35.9 Å². The lowest BCUT2D eigenvalue weighted by atomic mass is 10.0. The Morgan fingerprint density at radius 2 is 1.76 bits per heavy atom. The molecule has 4 aromatic rings. The number of morpholine rings is 1. The second-order valence-electron chi connectivity index (χ2n) is 11.4. The zero-order chi connectivity index (χ0) is 28.1. The van der Waals surface area contributed by atoms with Crippen LogP contribution in [0.2, 0.25) is 0 Å². The quantitative estimate of drug-likeness (QED) is 0.307. The maximum Gasteiger partial charge on any atom is 0.239 e. The first kappa shape index (κ1) is 26.4. The van der Waals surface area contributed by atoms with E-state index in [0.29, 0.717) is 25.2 Å². The highest BCUT2D eigenvalue weighted by molar-refractivity contribution is 5.86. The van der Waals surface area contributed by atoms with Crippen LogP contribution in [-0.2, 0) is 29.5 Å². The summed E-state index contributed by atoms with van der Waals surface area (Å²) in [7, 11) is 4.09. The smallest absolute Gasteiger partial charge is 0.239 e. The van der Waals surface area contributed by atoms with Gasteiger partial charge in [0.1, 0.15) is 17.9 Å². The van der Waals surface area contributed by atoms with Gasteiger partial charge in [-0.3, -0.25) is 19.3 Å². The van der Waals surface area contributed by atoms with E-state index in [4.69, 9.17) is 24.7 Å². The molecular weight excluding hydrogens is 520 g/mol. The Kier molecular flexibility index (Phi) is 6.93. The number of hydrogen-bond acceptors (Lipinski definition) is 10. The normalized spacial score (nSPS) is 21.6. The van der Waals surface area contributed by atoms with Crippen LogP contribution >= 0.6 is 0 Å². The molecule has 0 amide bonds. The fraction of sp³-hybridized carbons (Fsp3) is 0.552. The SMILES string of the molecule is CCc1nc2ccccc2n1-c1nc(N2CCOCC2)c2nc(CN3CC(N4CCN(C)C(C=O)C4)C3)n(C)c2n1. The monoisotopic (exact) mass is 558 g/mol. The third-order valence-corrected chi connectivity index (χ3v) is 8.94. The molecular formula is C29H38N10O2. The van der Waals surface area contributed by atoms with E-state index < -0.39 is 0 Å². The average Bonchev–Trinajstić information content (AvgIpc) is 3.52. The number of ether oxygens (including phenoxy) is 1. The van der Waals surface area contributed by atoms with Crippen molar-refractivity contribution in [1.82, 2.24) is 43.8 Å². The molecule has 41 heavy (non-hydrogen) atoms. The van der Waals surface area contributed by atoms with Crippen molar-refractivity contribution in [2.24, 2.45) is 7.05 Å². The highest BCUT2D eigenvalue weighted by Gasteiger charge is 2.36. The van der Waals surface area contributed by atoms with Gasteiger partial charge in [-0.2, -0.15) is 9.97 Å². The molecule has 0 saturated carbocycles. The van der Waals surface area contributed by atoms with Crippen LogP contribution in [0.4, 0.5) is 5.82 Å². The molecule has 1 atom stereocenters. The van der Waals surface area contributed by atoms with Gasteiger partial charge < -0.3 is 19.0 Å².